The van der Waals surface area contributed by atoms with Crippen LogP contribution in [0.15, 0.2) is 42.5 Å². The molecule has 2 aromatic carbocycles. The van der Waals surface area contributed by atoms with Crippen LogP contribution in [0.3, 0.4) is 0 Å². The highest BCUT2D eigenvalue weighted by Crippen LogP contribution is 2.24. The first-order valence-electron chi connectivity index (χ1n) is 7.60. The maximum Gasteiger partial charge on any atom is 0.221 e. The molecule has 0 aliphatic rings. The Balaban J connectivity index is 2.10. The van der Waals surface area contributed by atoms with E-state index in [1.807, 2.05) is 49.4 Å². The van der Waals surface area contributed by atoms with E-state index < -0.39 is 0 Å². The van der Waals surface area contributed by atoms with E-state index in [1.165, 1.54) is 6.92 Å². The fraction of sp³-hybridized carbons (Fsp3) is 0.278. The molecule has 0 radical (unpaired) electrons. The Kier molecular flexibility index (Phi) is 6.00. The van der Waals surface area contributed by atoms with Crippen LogP contribution in [0.4, 0.5) is 11.4 Å². The van der Waals surface area contributed by atoms with Crippen LogP contribution in [0.5, 0.6) is 5.75 Å². The van der Waals surface area contributed by atoms with Crippen LogP contribution in [0.1, 0.15) is 25.0 Å². The molecule has 0 aliphatic carbocycles. The van der Waals surface area contributed by atoms with E-state index in [9.17, 15) is 9.90 Å². The second-order valence-corrected chi connectivity index (χ2v) is 5.11. The van der Waals surface area contributed by atoms with Crippen LogP contribution in [-0.2, 0) is 17.9 Å². The van der Waals surface area contributed by atoms with Gasteiger partial charge in [-0.2, -0.15) is 0 Å². The van der Waals surface area contributed by atoms with Crippen molar-refractivity contribution in [2.24, 2.45) is 0 Å². The summed E-state index contributed by atoms with van der Waals surface area (Å²) in [6, 6.07) is 13.3. The second-order valence-electron chi connectivity index (χ2n) is 5.11. The lowest BCUT2D eigenvalue weighted by Crippen LogP contribution is -2.10. The summed E-state index contributed by atoms with van der Waals surface area (Å²) in [6.07, 6.45) is 0. The average Bonchev–Trinajstić information content (AvgIpc) is 2.54. The van der Waals surface area contributed by atoms with E-state index in [-0.39, 0.29) is 12.5 Å². The van der Waals surface area contributed by atoms with Gasteiger partial charge in [0, 0.05) is 30.4 Å². The number of anilines is 2. The SMILES string of the molecule is CCOc1ccc(NCc2ccccc2NC(C)=O)cc1CO. The third kappa shape index (κ3) is 4.72. The van der Waals surface area contributed by atoms with Gasteiger partial charge in [0.2, 0.25) is 5.91 Å². The largest absolute Gasteiger partial charge is 0.494 e. The van der Waals surface area contributed by atoms with Crippen LogP contribution in [0.2, 0.25) is 0 Å². The van der Waals surface area contributed by atoms with Crippen molar-refractivity contribution in [2.45, 2.75) is 27.0 Å². The molecule has 3 N–H and O–H groups in total. The van der Waals surface area contributed by atoms with E-state index in [4.69, 9.17) is 4.74 Å². The molecule has 0 saturated heterocycles. The summed E-state index contributed by atoms with van der Waals surface area (Å²) in [5.41, 5.74) is 3.41. The number of benzene rings is 2. The highest BCUT2D eigenvalue weighted by molar-refractivity contribution is 5.89. The number of aliphatic hydroxyl groups is 1. The summed E-state index contributed by atoms with van der Waals surface area (Å²) >= 11 is 0. The molecule has 0 atom stereocenters. The standard InChI is InChI=1S/C18H22N2O3/c1-3-23-18-9-8-16(10-15(18)12-21)19-11-14-6-4-5-7-17(14)20-13(2)22/h4-10,19,21H,3,11-12H2,1-2H3,(H,20,22). The number of carbonyl (C=O) groups excluding carboxylic acids is 1. The first kappa shape index (κ1) is 16.8. The third-order valence-electron chi connectivity index (χ3n) is 3.34. The van der Waals surface area contributed by atoms with Gasteiger partial charge in [0.1, 0.15) is 5.75 Å². The molecular weight excluding hydrogens is 292 g/mol. The lowest BCUT2D eigenvalue weighted by atomic mass is 10.1. The number of carbonyl (C=O) groups is 1. The molecular formula is C18H22N2O3. The zero-order chi connectivity index (χ0) is 16.7. The Morgan fingerprint density at radius 3 is 2.65 bits per heavy atom. The van der Waals surface area contributed by atoms with Gasteiger partial charge in [-0.3, -0.25) is 4.79 Å². The van der Waals surface area contributed by atoms with Gasteiger partial charge in [0.05, 0.1) is 13.2 Å². The topological polar surface area (TPSA) is 70.6 Å². The van der Waals surface area contributed by atoms with Gasteiger partial charge in [-0.05, 0) is 36.8 Å². The molecule has 2 rings (SSSR count). The Morgan fingerprint density at radius 1 is 1.17 bits per heavy atom. The van der Waals surface area contributed by atoms with Crippen molar-refractivity contribution in [1.82, 2.24) is 0 Å². The number of hydrogen-bond acceptors (Lipinski definition) is 4. The zero-order valence-electron chi connectivity index (χ0n) is 13.4. The number of amides is 1. The predicted molar refractivity (Wildman–Crippen MR) is 91.6 cm³/mol. The van der Waals surface area contributed by atoms with Gasteiger partial charge >= 0.3 is 0 Å². The first-order valence-corrected chi connectivity index (χ1v) is 7.60. The van der Waals surface area contributed by atoms with Crippen LogP contribution < -0.4 is 15.4 Å². The third-order valence-corrected chi connectivity index (χ3v) is 3.34. The van der Waals surface area contributed by atoms with Crippen molar-refractivity contribution in [3.8, 4) is 5.75 Å². The summed E-state index contributed by atoms with van der Waals surface area (Å²) in [5, 5.41) is 15.6. The fourth-order valence-electron chi connectivity index (χ4n) is 2.29. The number of rotatable bonds is 7. The molecule has 5 nitrogen and oxygen atoms in total. The summed E-state index contributed by atoms with van der Waals surface area (Å²) < 4.78 is 5.47. The molecule has 0 spiro atoms. The molecule has 1 amide bonds. The van der Waals surface area contributed by atoms with E-state index in [1.54, 1.807) is 0 Å². The van der Waals surface area contributed by atoms with E-state index >= 15 is 0 Å². The van der Waals surface area contributed by atoms with E-state index in [2.05, 4.69) is 10.6 Å². The Bertz CT molecular complexity index is 671. The summed E-state index contributed by atoms with van der Waals surface area (Å²) in [4.78, 5) is 11.2. The Morgan fingerprint density at radius 2 is 1.96 bits per heavy atom. The highest BCUT2D eigenvalue weighted by Gasteiger charge is 2.06. The molecule has 0 unspecified atom stereocenters. The average molecular weight is 314 g/mol. The smallest absolute Gasteiger partial charge is 0.221 e. The van der Waals surface area contributed by atoms with Crippen LogP contribution in [0, 0.1) is 0 Å². The second kappa shape index (κ2) is 8.19. The van der Waals surface area contributed by atoms with Crippen molar-refractivity contribution < 1.29 is 14.6 Å². The number of nitrogens with one attached hydrogen (secondary N) is 2. The number of hydrogen-bond donors (Lipinski definition) is 3. The maximum absolute atomic E-state index is 11.2. The minimum absolute atomic E-state index is 0.0761. The molecule has 0 bridgehead atoms. The summed E-state index contributed by atoms with van der Waals surface area (Å²) in [5.74, 6) is 0.597. The normalized spacial score (nSPS) is 10.2. The van der Waals surface area contributed by atoms with Crippen molar-refractivity contribution >= 4 is 17.3 Å². The summed E-state index contributed by atoms with van der Waals surface area (Å²) in [6.45, 7) is 4.45. The first-order chi connectivity index (χ1) is 11.1. The lowest BCUT2D eigenvalue weighted by Gasteiger charge is -2.14. The fourth-order valence-corrected chi connectivity index (χ4v) is 2.29. The van der Waals surface area contributed by atoms with Crippen LogP contribution in [0.25, 0.3) is 0 Å². The number of ether oxygens (including phenoxy) is 1. The minimum atomic E-state index is -0.0962. The van der Waals surface area contributed by atoms with Gasteiger partial charge in [0.25, 0.3) is 0 Å². The summed E-state index contributed by atoms with van der Waals surface area (Å²) in [7, 11) is 0. The minimum Gasteiger partial charge on any atom is -0.494 e. The molecule has 23 heavy (non-hydrogen) atoms. The van der Waals surface area contributed by atoms with Gasteiger partial charge < -0.3 is 20.5 Å². The Labute approximate surface area is 136 Å². The zero-order valence-corrected chi connectivity index (χ0v) is 13.4. The molecule has 2 aromatic rings. The van der Waals surface area contributed by atoms with Crippen LogP contribution in [-0.4, -0.2) is 17.6 Å². The molecule has 0 aliphatic heterocycles. The predicted octanol–water partition coefficient (Wildman–Crippen LogP) is 3.15. The van der Waals surface area contributed by atoms with Gasteiger partial charge in [-0.1, -0.05) is 18.2 Å². The maximum atomic E-state index is 11.2. The number of aliphatic hydroxyl groups excluding tert-OH is 1. The van der Waals surface area contributed by atoms with E-state index in [0.29, 0.717) is 18.9 Å². The quantitative estimate of drug-likeness (QED) is 0.734. The van der Waals surface area contributed by atoms with E-state index in [0.717, 1.165) is 22.5 Å². The Hall–Kier alpha value is -2.53. The van der Waals surface area contributed by atoms with Crippen molar-refractivity contribution in [1.29, 1.82) is 0 Å². The van der Waals surface area contributed by atoms with Gasteiger partial charge in [0.15, 0.2) is 0 Å². The molecule has 0 saturated carbocycles. The molecule has 0 aromatic heterocycles. The van der Waals surface area contributed by atoms with Gasteiger partial charge in [-0.25, -0.2) is 0 Å². The molecule has 5 heteroatoms. The van der Waals surface area contributed by atoms with Crippen molar-refractivity contribution in [3.05, 3.63) is 53.6 Å². The number of para-hydroxylation sites is 1. The van der Waals surface area contributed by atoms with Crippen LogP contribution >= 0.6 is 0 Å². The van der Waals surface area contributed by atoms with Gasteiger partial charge in [-0.15, -0.1) is 0 Å². The lowest BCUT2D eigenvalue weighted by molar-refractivity contribution is -0.114. The van der Waals surface area contributed by atoms with Crippen molar-refractivity contribution in [2.75, 3.05) is 17.2 Å². The monoisotopic (exact) mass is 314 g/mol. The molecule has 0 fully saturated rings. The highest BCUT2D eigenvalue weighted by atomic mass is 16.5. The van der Waals surface area contributed by atoms with Crippen molar-refractivity contribution in [3.63, 3.8) is 0 Å². The molecule has 0 heterocycles. The molecule has 122 valence electrons.